The summed E-state index contributed by atoms with van der Waals surface area (Å²) in [5.74, 6) is 0.0995. The second-order valence-electron chi connectivity index (χ2n) is 11.4. The Morgan fingerprint density at radius 3 is 1.25 bits per heavy atom. The van der Waals surface area contributed by atoms with Crippen LogP contribution in [0.4, 0.5) is 0 Å². The molecule has 0 radical (unpaired) electrons. The van der Waals surface area contributed by atoms with E-state index < -0.39 is 11.7 Å². The highest BCUT2D eigenvalue weighted by molar-refractivity contribution is 5.88. The minimum atomic E-state index is -1.000. The first-order chi connectivity index (χ1) is 17.5. The number of Topliss-reactive ketones (excluding diaryl/α,β-unsaturated/α-hetero) is 1. The Morgan fingerprint density at radius 2 is 0.917 bits per heavy atom. The van der Waals surface area contributed by atoms with Crippen LogP contribution in [0.5, 0.6) is 0 Å². The van der Waals surface area contributed by atoms with E-state index in [1.165, 1.54) is 122 Å². The van der Waals surface area contributed by atoms with Gasteiger partial charge in [0.25, 0.3) is 0 Å². The van der Waals surface area contributed by atoms with Gasteiger partial charge >= 0.3 is 0 Å². The van der Waals surface area contributed by atoms with Crippen LogP contribution in [0.2, 0.25) is 0 Å². The third kappa shape index (κ3) is 18.8. The maximum atomic E-state index is 13.0. The SMILES string of the molecule is CCCCCCCCCCCCCCCCCCCCCC(=O)C(CC)(OCCCCCC)C(C)O. The molecule has 2 unspecified atom stereocenters. The highest BCUT2D eigenvalue weighted by Gasteiger charge is 2.41. The average Bonchev–Trinajstić information content (AvgIpc) is 2.87. The molecule has 0 rings (SSSR count). The van der Waals surface area contributed by atoms with Gasteiger partial charge in [0.05, 0.1) is 6.10 Å². The highest BCUT2D eigenvalue weighted by Crippen LogP contribution is 2.26. The summed E-state index contributed by atoms with van der Waals surface area (Å²) in [5, 5.41) is 10.3. The molecule has 0 aromatic rings. The number of aliphatic hydroxyl groups excluding tert-OH is 1. The lowest BCUT2D eigenvalue weighted by molar-refractivity contribution is -0.162. The van der Waals surface area contributed by atoms with Crippen molar-refractivity contribution >= 4 is 5.78 Å². The molecule has 2 atom stereocenters. The maximum absolute atomic E-state index is 13.0. The molecule has 0 amide bonds. The van der Waals surface area contributed by atoms with Crippen molar-refractivity contribution in [2.24, 2.45) is 0 Å². The second kappa shape index (κ2) is 26.2. The average molecular weight is 511 g/mol. The Balaban J connectivity index is 3.64. The van der Waals surface area contributed by atoms with Crippen LogP contribution >= 0.6 is 0 Å². The standard InChI is InChI=1S/C33H66O3/c1-5-8-10-12-13-14-15-16-17-18-19-20-21-22-23-24-25-26-27-29-32(35)33(7-3,31(4)34)36-30-28-11-9-6-2/h31,34H,5-30H2,1-4H3. The van der Waals surface area contributed by atoms with Gasteiger partial charge in [-0.15, -0.1) is 0 Å². The predicted octanol–water partition coefficient (Wildman–Crippen LogP) is 10.5. The van der Waals surface area contributed by atoms with Gasteiger partial charge in [0, 0.05) is 13.0 Å². The van der Waals surface area contributed by atoms with Crippen molar-refractivity contribution in [3.8, 4) is 0 Å². The van der Waals surface area contributed by atoms with Crippen LogP contribution in [0.25, 0.3) is 0 Å². The number of ether oxygens (including phenoxy) is 1. The number of carbonyl (C=O) groups is 1. The molecule has 0 saturated carbocycles. The lowest BCUT2D eigenvalue weighted by Crippen LogP contribution is -2.50. The zero-order chi connectivity index (χ0) is 26.7. The number of ketones is 1. The number of hydrogen-bond acceptors (Lipinski definition) is 3. The van der Waals surface area contributed by atoms with E-state index in [4.69, 9.17) is 4.74 Å². The van der Waals surface area contributed by atoms with Gasteiger partial charge in [-0.3, -0.25) is 4.79 Å². The summed E-state index contributed by atoms with van der Waals surface area (Å²) in [6.45, 7) is 8.73. The third-order valence-corrected chi connectivity index (χ3v) is 8.04. The van der Waals surface area contributed by atoms with Gasteiger partial charge in [0.2, 0.25) is 0 Å². The van der Waals surface area contributed by atoms with Crippen molar-refractivity contribution < 1.29 is 14.6 Å². The molecule has 0 aromatic heterocycles. The summed E-state index contributed by atoms with van der Waals surface area (Å²) in [6.07, 6.45) is 30.6. The zero-order valence-electron chi connectivity index (χ0n) is 25.2. The Bertz CT molecular complexity index is 462. The summed E-state index contributed by atoms with van der Waals surface area (Å²) in [5.41, 5.74) is -1.000. The van der Waals surface area contributed by atoms with E-state index in [1.54, 1.807) is 6.92 Å². The van der Waals surface area contributed by atoms with E-state index in [-0.39, 0.29) is 5.78 Å². The van der Waals surface area contributed by atoms with Crippen molar-refractivity contribution in [2.75, 3.05) is 6.61 Å². The van der Waals surface area contributed by atoms with Crippen LogP contribution < -0.4 is 0 Å². The first-order valence-electron chi connectivity index (χ1n) is 16.4. The topological polar surface area (TPSA) is 46.5 Å². The van der Waals surface area contributed by atoms with Crippen LogP contribution in [0.1, 0.15) is 188 Å². The Kier molecular flexibility index (Phi) is 25.9. The molecule has 216 valence electrons. The third-order valence-electron chi connectivity index (χ3n) is 8.04. The molecule has 3 heteroatoms. The van der Waals surface area contributed by atoms with Gasteiger partial charge < -0.3 is 9.84 Å². The Labute approximate surface area is 226 Å². The first kappa shape index (κ1) is 35.6. The highest BCUT2D eigenvalue weighted by atomic mass is 16.5. The summed E-state index contributed by atoms with van der Waals surface area (Å²) in [6, 6.07) is 0. The van der Waals surface area contributed by atoms with E-state index in [9.17, 15) is 9.90 Å². The van der Waals surface area contributed by atoms with Crippen LogP contribution in [0.15, 0.2) is 0 Å². The molecule has 0 bridgehead atoms. The summed E-state index contributed by atoms with van der Waals surface area (Å²) in [7, 11) is 0. The van der Waals surface area contributed by atoms with Crippen LogP contribution in [-0.4, -0.2) is 29.2 Å². The van der Waals surface area contributed by atoms with Crippen LogP contribution in [0, 0.1) is 0 Å². The summed E-state index contributed by atoms with van der Waals surface area (Å²) < 4.78 is 6.04. The Morgan fingerprint density at radius 1 is 0.583 bits per heavy atom. The molecule has 3 nitrogen and oxygen atoms in total. The number of hydrogen-bond donors (Lipinski definition) is 1. The molecule has 0 saturated heterocycles. The quantitative estimate of drug-likeness (QED) is 0.102. The van der Waals surface area contributed by atoms with Crippen LogP contribution in [-0.2, 0) is 9.53 Å². The molecule has 0 aliphatic carbocycles. The van der Waals surface area contributed by atoms with Gasteiger partial charge in [-0.25, -0.2) is 0 Å². The molecular weight excluding hydrogens is 444 g/mol. The van der Waals surface area contributed by atoms with Crippen molar-refractivity contribution in [1.29, 1.82) is 0 Å². The monoisotopic (exact) mass is 511 g/mol. The summed E-state index contributed by atoms with van der Waals surface area (Å²) in [4.78, 5) is 13.0. The fourth-order valence-corrected chi connectivity index (χ4v) is 5.39. The van der Waals surface area contributed by atoms with E-state index >= 15 is 0 Å². The van der Waals surface area contributed by atoms with E-state index in [0.717, 1.165) is 25.7 Å². The minimum absolute atomic E-state index is 0.0995. The molecule has 0 spiro atoms. The van der Waals surface area contributed by atoms with E-state index in [1.807, 2.05) is 6.92 Å². The molecule has 0 fully saturated rings. The number of rotatable bonds is 29. The largest absolute Gasteiger partial charge is 0.390 e. The minimum Gasteiger partial charge on any atom is -0.390 e. The molecule has 1 N–H and O–H groups in total. The van der Waals surface area contributed by atoms with Gasteiger partial charge in [0.15, 0.2) is 11.4 Å². The number of aliphatic hydroxyl groups is 1. The van der Waals surface area contributed by atoms with Crippen molar-refractivity contribution in [2.45, 2.75) is 200 Å². The van der Waals surface area contributed by atoms with E-state index in [2.05, 4.69) is 13.8 Å². The van der Waals surface area contributed by atoms with Crippen molar-refractivity contribution in [3.63, 3.8) is 0 Å². The number of unbranched alkanes of at least 4 members (excludes halogenated alkanes) is 21. The van der Waals surface area contributed by atoms with Crippen molar-refractivity contribution in [1.82, 2.24) is 0 Å². The predicted molar refractivity (Wildman–Crippen MR) is 158 cm³/mol. The first-order valence-corrected chi connectivity index (χ1v) is 16.4. The van der Waals surface area contributed by atoms with Gasteiger partial charge in [-0.1, -0.05) is 156 Å². The van der Waals surface area contributed by atoms with Crippen molar-refractivity contribution in [3.05, 3.63) is 0 Å². The lowest BCUT2D eigenvalue weighted by Gasteiger charge is -2.34. The second-order valence-corrected chi connectivity index (χ2v) is 11.4. The molecule has 0 heterocycles. The molecule has 0 aromatic carbocycles. The smallest absolute Gasteiger partial charge is 0.167 e. The Hall–Kier alpha value is -0.410. The van der Waals surface area contributed by atoms with E-state index in [0.29, 0.717) is 19.4 Å². The normalized spacial score (nSPS) is 14.1. The number of carbonyl (C=O) groups excluding carboxylic acids is 1. The lowest BCUT2D eigenvalue weighted by atomic mass is 9.86. The van der Waals surface area contributed by atoms with Gasteiger partial charge in [-0.05, 0) is 26.2 Å². The molecular formula is C33H66O3. The fourth-order valence-electron chi connectivity index (χ4n) is 5.39. The van der Waals surface area contributed by atoms with Crippen LogP contribution in [0.3, 0.4) is 0 Å². The molecule has 0 aliphatic rings. The fraction of sp³-hybridized carbons (Fsp3) is 0.970. The molecule has 36 heavy (non-hydrogen) atoms. The maximum Gasteiger partial charge on any atom is 0.167 e. The zero-order valence-corrected chi connectivity index (χ0v) is 25.2. The molecule has 0 aliphatic heterocycles. The van der Waals surface area contributed by atoms with Gasteiger partial charge in [0.1, 0.15) is 0 Å². The summed E-state index contributed by atoms with van der Waals surface area (Å²) >= 11 is 0. The van der Waals surface area contributed by atoms with Gasteiger partial charge in [-0.2, -0.15) is 0 Å².